The van der Waals surface area contributed by atoms with E-state index in [9.17, 15) is 14.0 Å². The zero-order valence-corrected chi connectivity index (χ0v) is 16.0. The van der Waals surface area contributed by atoms with Crippen molar-refractivity contribution in [1.29, 1.82) is 0 Å². The average Bonchev–Trinajstić information content (AvgIpc) is 2.73. The Labute approximate surface area is 172 Å². The van der Waals surface area contributed by atoms with Crippen LogP contribution in [0.1, 0.15) is 15.9 Å². The van der Waals surface area contributed by atoms with Gasteiger partial charge < -0.3 is 14.8 Å². The summed E-state index contributed by atoms with van der Waals surface area (Å²) in [6.07, 6.45) is 0. The highest BCUT2D eigenvalue weighted by Crippen LogP contribution is 2.23. The van der Waals surface area contributed by atoms with Gasteiger partial charge in [0.1, 0.15) is 23.7 Å². The SMILES string of the molecule is O=C(COC(=O)c1ccccc1OCc1ccccc1)Nc1ccc(F)cc1Cl. The first-order valence-corrected chi connectivity index (χ1v) is 9.08. The van der Waals surface area contributed by atoms with Crippen molar-refractivity contribution in [1.82, 2.24) is 0 Å². The molecule has 0 spiro atoms. The molecule has 0 radical (unpaired) electrons. The van der Waals surface area contributed by atoms with Crippen LogP contribution in [0.4, 0.5) is 10.1 Å². The molecule has 0 atom stereocenters. The van der Waals surface area contributed by atoms with Gasteiger partial charge in [-0.3, -0.25) is 4.79 Å². The number of esters is 1. The third-order valence-corrected chi connectivity index (χ3v) is 4.20. The molecule has 0 saturated carbocycles. The number of hydrogen-bond donors (Lipinski definition) is 1. The van der Waals surface area contributed by atoms with Gasteiger partial charge in [-0.15, -0.1) is 0 Å². The number of benzene rings is 3. The van der Waals surface area contributed by atoms with E-state index in [-0.39, 0.29) is 22.9 Å². The number of para-hydroxylation sites is 1. The molecule has 0 fully saturated rings. The predicted octanol–water partition coefficient (Wildman–Crippen LogP) is 4.85. The summed E-state index contributed by atoms with van der Waals surface area (Å²) in [7, 11) is 0. The summed E-state index contributed by atoms with van der Waals surface area (Å²) in [6, 6.07) is 19.7. The van der Waals surface area contributed by atoms with Gasteiger partial charge in [0.15, 0.2) is 6.61 Å². The second-order valence-corrected chi connectivity index (χ2v) is 6.43. The summed E-state index contributed by atoms with van der Waals surface area (Å²) in [5.41, 5.74) is 1.38. The minimum absolute atomic E-state index is 0.0457. The van der Waals surface area contributed by atoms with Gasteiger partial charge in [0.05, 0.1) is 10.7 Å². The Kier molecular flexibility index (Phi) is 6.81. The van der Waals surface area contributed by atoms with E-state index in [0.29, 0.717) is 5.75 Å². The molecular formula is C22H17ClFNO4. The first-order chi connectivity index (χ1) is 14.0. The summed E-state index contributed by atoms with van der Waals surface area (Å²) in [4.78, 5) is 24.4. The smallest absolute Gasteiger partial charge is 0.342 e. The molecule has 0 aromatic heterocycles. The van der Waals surface area contributed by atoms with E-state index in [2.05, 4.69) is 5.32 Å². The summed E-state index contributed by atoms with van der Waals surface area (Å²) < 4.78 is 23.8. The minimum atomic E-state index is -0.700. The van der Waals surface area contributed by atoms with E-state index in [0.717, 1.165) is 17.7 Å². The maximum Gasteiger partial charge on any atom is 0.342 e. The lowest BCUT2D eigenvalue weighted by atomic mass is 10.2. The lowest BCUT2D eigenvalue weighted by molar-refractivity contribution is -0.119. The van der Waals surface area contributed by atoms with Gasteiger partial charge in [-0.25, -0.2) is 9.18 Å². The summed E-state index contributed by atoms with van der Waals surface area (Å²) >= 11 is 5.86. The van der Waals surface area contributed by atoms with Crippen molar-refractivity contribution < 1.29 is 23.5 Å². The Hall–Kier alpha value is -3.38. The summed E-state index contributed by atoms with van der Waals surface area (Å²) in [5, 5.41) is 2.51. The molecule has 0 saturated heterocycles. The van der Waals surface area contributed by atoms with E-state index < -0.39 is 24.3 Å². The Balaban J connectivity index is 1.58. The van der Waals surface area contributed by atoms with Gasteiger partial charge in [0.2, 0.25) is 0 Å². The van der Waals surface area contributed by atoms with Crippen molar-refractivity contribution >= 4 is 29.2 Å². The number of carbonyl (C=O) groups excluding carboxylic acids is 2. The van der Waals surface area contributed by atoms with Crippen molar-refractivity contribution in [2.75, 3.05) is 11.9 Å². The van der Waals surface area contributed by atoms with Crippen LogP contribution in [0.25, 0.3) is 0 Å². The van der Waals surface area contributed by atoms with Crippen LogP contribution in [0.5, 0.6) is 5.75 Å². The van der Waals surface area contributed by atoms with Crippen LogP contribution >= 0.6 is 11.6 Å². The molecule has 0 aliphatic heterocycles. The normalized spacial score (nSPS) is 10.3. The van der Waals surface area contributed by atoms with Crippen LogP contribution in [-0.2, 0) is 16.1 Å². The first kappa shape index (κ1) is 20.4. The molecule has 0 unspecified atom stereocenters. The van der Waals surface area contributed by atoms with Gasteiger partial charge in [0.25, 0.3) is 5.91 Å². The quantitative estimate of drug-likeness (QED) is 0.562. The Bertz CT molecular complexity index is 1010. The highest BCUT2D eigenvalue weighted by molar-refractivity contribution is 6.33. The lowest BCUT2D eigenvalue weighted by Gasteiger charge is -2.12. The average molecular weight is 414 g/mol. The van der Waals surface area contributed by atoms with Crippen LogP contribution < -0.4 is 10.1 Å². The Morgan fingerprint density at radius 1 is 0.966 bits per heavy atom. The monoisotopic (exact) mass is 413 g/mol. The van der Waals surface area contributed by atoms with Crippen LogP contribution in [0.2, 0.25) is 5.02 Å². The van der Waals surface area contributed by atoms with Crippen LogP contribution in [0.3, 0.4) is 0 Å². The molecule has 0 aliphatic rings. The predicted molar refractivity (Wildman–Crippen MR) is 108 cm³/mol. The molecule has 3 rings (SSSR count). The van der Waals surface area contributed by atoms with Crippen molar-refractivity contribution in [3.63, 3.8) is 0 Å². The minimum Gasteiger partial charge on any atom is -0.488 e. The highest BCUT2D eigenvalue weighted by atomic mass is 35.5. The van der Waals surface area contributed by atoms with Crippen LogP contribution in [-0.4, -0.2) is 18.5 Å². The molecule has 5 nitrogen and oxygen atoms in total. The second-order valence-electron chi connectivity index (χ2n) is 6.02. The molecular weight excluding hydrogens is 397 g/mol. The van der Waals surface area contributed by atoms with Crippen LogP contribution in [0.15, 0.2) is 72.8 Å². The maximum absolute atomic E-state index is 13.1. The number of amides is 1. The molecule has 7 heteroatoms. The van der Waals surface area contributed by atoms with E-state index in [1.807, 2.05) is 30.3 Å². The molecule has 3 aromatic carbocycles. The molecule has 0 bridgehead atoms. The van der Waals surface area contributed by atoms with Crippen molar-refractivity contribution in [3.8, 4) is 5.75 Å². The molecule has 29 heavy (non-hydrogen) atoms. The maximum atomic E-state index is 13.1. The lowest BCUT2D eigenvalue weighted by Crippen LogP contribution is -2.21. The Morgan fingerprint density at radius 3 is 2.45 bits per heavy atom. The van der Waals surface area contributed by atoms with Gasteiger partial charge >= 0.3 is 5.97 Å². The standard InChI is InChI=1S/C22H17ClFNO4/c23-18-12-16(24)10-11-19(18)25-21(26)14-29-22(27)17-8-4-5-9-20(17)28-13-15-6-2-1-3-7-15/h1-12H,13-14H2,(H,25,26). The molecule has 1 amide bonds. The van der Waals surface area contributed by atoms with Crippen molar-refractivity contribution in [2.45, 2.75) is 6.61 Å². The molecule has 1 N–H and O–H groups in total. The molecule has 3 aromatic rings. The zero-order valence-electron chi connectivity index (χ0n) is 15.2. The fourth-order valence-electron chi connectivity index (χ4n) is 2.48. The molecule has 148 valence electrons. The van der Waals surface area contributed by atoms with Crippen LogP contribution in [0, 0.1) is 5.82 Å². The third kappa shape index (κ3) is 5.80. The zero-order chi connectivity index (χ0) is 20.6. The number of anilines is 1. The van der Waals surface area contributed by atoms with Gasteiger partial charge in [-0.1, -0.05) is 54.1 Å². The highest BCUT2D eigenvalue weighted by Gasteiger charge is 2.16. The summed E-state index contributed by atoms with van der Waals surface area (Å²) in [5.74, 6) is -1.47. The topological polar surface area (TPSA) is 64.6 Å². The van der Waals surface area contributed by atoms with E-state index >= 15 is 0 Å². The third-order valence-electron chi connectivity index (χ3n) is 3.88. The number of nitrogens with one attached hydrogen (secondary N) is 1. The number of halogens is 2. The molecule has 0 heterocycles. The molecule has 0 aliphatic carbocycles. The van der Waals surface area contributed by atoms with E-state index in [1.165, 1.54) is 6.07 Å². The Morgan fingerprint density at radius 2 is 1.69 bits per heavy atom. The van der Waals surface area contributed by atoms with Gasteiger partial charge in [-0.2, -0.15) is 0 Å². The van der Waals surface area contributed by atoms with E-state index in [4.69, 9.17) is 21.1 Å². The number of ether oxygens (including phenoxy) is 2. The van der Waals surface area contributed by atoms with E-state index in [1.54, 1.807) is 24.3 Å². The fourth-order valence-corrected chi connectivity index (χ4v) is 2.70. The number of rotatable bonds is 7. The van der Waals surface area contributed by atoms with Crippen molar-refractivity contribution in [2.24, 2.45) is 0 Å². The first-order valence-electron chi connectivity index (χ1n) is 8.70. The van der Waals surface area contributed by atoms with Gasteiger partial charge in [-0.05, 0) is 35.9 Å². The fraction of sp³-hybridized carbons (Fsp3) is 0.0909. The van der Waals surface area contributed by atoms with Crippen molar-refractivity contribution in [3.05, 3.63) is 94.8 Å². The number of carbonyl (C=O) groups is 2. The largest absolute Gasteiger partial charge is 0.488 e. The van der Waals surface area contributed by atoms with Gasteiger partial charge in [0, 0.05) is 0 Å². The number of hydrogen-bond acceptors (Lipinski definition) is 4. The second kappa shape index (κ2) is 9.71. The summed E-state index contributed by atoms with van der Waals surface area (Å²) in [6.45, 7) is -0.242.